The Balaban J connectivity index is 2.10. The molecule has 0 aromatic rings. The molecule has 3 rings (SSSR count). The molecule has 7 nitrogen and oxygen atoms in total. The number of epoxide rings is 1. The summed E-state index contributed by atoms with van der Waals surface area (Å²) in [4.78, 5) is 43.0. The summed E-state index contributed by atoms with van der Waals surface area (Å²) >= 11 is 0. The van der Waals surface area contributed by atoms with Gasteiger partial charge in [0.05, 0.1) is 5.57 Å². The standard InChI is InChI=1S/C26H30N2O5/c1-14(2)8-7-9-16(5)11-13-26-23(31)18-19(21(29)17(6)22(30)20(18)28-27)24(32)25(26,33-26)12-10-15(3)4/h8,10-11,29H,7,9,12-13H2,1-6H3/b16-11+. The average Bonchev–Trinajstić information content (AvgIpc) is 3.44. The van der Waals surface area contributed by atoms with Gasteiger partial charge < -0.3 is 15.4 Å². The number of hydrogen-bond acceptors (Lipinski definition) is 5. The summed E-state index contributed by atoms with van der Waals surface area (Å²) in [6, 6.07) is 0. The summed E-state index contributed by atoms with van der Waals surface area (Å²) in [5.74, 6) is -2.55. The lowest BCUT2D eigenvalue weighted by molar-refractivity contribution is -0.125. The average molecular weight is 451 g/mol. The minimum absolute atomic E-state index is 0.141. The lowest BCUT2D eigenvalue weighted by Crippen LogP contribution is -2.50. The number of carbonyl (C=O) groups is 3. The van der Waals surface area contributed by atoms with Gasteiger partial charge in [0.1, 0.15) is 11.3 Å². The van der Waals surface area contributed by atoms with Crippen LogP contribution in [0, 0.1) is 0 Å². The fourth-order valence-electron chi connectivity index (χ4n) is 4.45. The highest BCUT2D eigenvalue weighted by Crippen LogP contribution is 2.60. The van der Waals surface area contributed by atoms with Crippen molar-refractivity contribution >= 4 is 23.1 Å². The molecular formula is C26H30N2O5. The Morgan fingerprint density at radius 1 is 0.939 bits per heavy atom. The fourth-order valence-corrected chi connectivity index (χ4v) is 4.45. The smallest absolute Gasteiger partial charge is 0.374 e. The minimum Gasteiger partial charge on any atom is -0.507 e. The van der Waals surface area contributed by atoms with Crippen molar-refractivity contribution in [3.8, 4) is 0 Å². The van der Waals surface area contributed by atoms with Crippen molar-refractivity contribution in [3.05, 3.63) is 63.0 Å². The van der Waals surface area contributed by atoms with Crippen LogP contribution in [0.15, 0.2) is 57.4 Å². The third kappa shape index (κ3) is 3.81. The van der Waals surface area contributed by atoms with E-state index in [1.807, 2.05) is 46.8 Å². The van der Waals surface area contributed by atoms with Crippen LogP contribution in [0.5, 0.6) is 0 Å². The topological polar surface area (TPSA) is 120 Å². The molecule has 2 unspecified atom stereocenters. The summed E-state index contributed by atoms with van der Waals surface area (Å²) in [5.41, 5.74) is 8.39. The van der Waals surface area contributed by atoms with Gasteiger partial charge in [0.25, 0.3) is 5.78 Å². The molecule has 0 bridgehead atoms. The normalized spacial score (nSPS) is 26.7. The Bertz CT molecular complexity index is 1160. The maximum atomic E-state index is 13.7. The Hall–Kier alpha value is -3.15. The maximum absolute atomic E-state index is 13.7. The molecule has 2 atom stereocenters. The van der Waals surface area contributed by atoms with E-state index in [2.05, 4.69) is 10.9 Å². The predicted octanol–water partition coefficient (Wildman–Crippen LogP) is 4.47. The van der Waals surface area contributed by atoms with Crippen molar-refractivity contribution in [2.24, 2.45) is 0 Å². The van der Waals surface area contributed by atoms with E-state index < -0.39 is 40.0 Å². The molecule has 1 N–H and O–H groups in total. The van der Waals surface area contributed by atoms with Crippen molar-refractivity contribution < 1.29 is 29.0 Å². The molecule has 0 aromatic heterocycles. The van der Waals surface area contributed by atoms with E-state index in [1.54, 1.807) is 0 Å². The van der Waals surface area contributed by atoms with Gasteiger partial charge in [-0.15, -0.1) is 0 Å². The minimum atomic E-state index is -1.51. The molecule has 1 fully saturated rings. The van der Waals surface area contributed by atoms with Gasteiger partial charge in [-0.1, -0.05) is 34.9 Å². The zero-order chi connectivity index (χ0) is 24.7. The first-order valence-corrected chi connectivity index (χ1v) is 11.1. The molecule has 7 heteroatoms. The van der Waals surface area contributed by atoms with Crippen molar-refractivity contribution in [1.29, 1.82) is 0 Å². The molecule has 3 aliphatic rings. The monoisotopic (exact) mass is 450 g/mol. The number of allylic oxidation sites excluding steroid dienone is 6. The number of fused-ring (bicyclic) bond motifs is 1. The number of carbonyl (C=O) groups excluding carboxylic acids is 3. The van der Waals surface area contributed by atoms with Gasteiger partial charge in [-0.25, -0.2) is 0 Å². The van der Waals surface area contributed by atoms with Gasteiger partial charge >= 0.3 is 5.71 Å². The quantitative estimate of drug-likeness (QED) is 0.202. The molecule has 0 amide bonds. The molecule has 0 radical (unpaired) electrons. The summed E-state index contributed by atoms with van der Waals surface area (Å²) in [6.45, 7) is 11.1. The van der Waals surface area contributed by atoms with E-state index in [0.717, 1.165) is 24.0 Å². The molecule has 0 saturated carbocycles. The summed E-state index contributed by atoms with van der Waals surface area (Å²) < 4.78 is 6.00. The number of ether oxygens (including phenoxy) is 1. The van der Waals surface area contributed by atoms with Gasteiger partial charge in [0.15, 0.2) is 11.2 Å². The van der Waals surface area contributed by atoms with Gasteiger partial charge in [-0.2, -0.15) is 4.79 Å². The molecule has 174 valence electrons. The predicted molar refractivity (Wildman–Crippen MR) is 124 cm³/mol. The zero-order valence-electron chi connectivity index (χ0n) is 20.0. The largest absolute Gasteiger partial charge is 0.507 e. The molecule has 1 saturated heterocycles. The second-order valence-electron chi connectivity index (χ2n) is 9.48. The Morgan fingerprint density at radius 3 is 2.03 bits per heavy atom. The van der Waals surface area contributed by atoms with Crippen molar-refractivity contribution in [2.75, 3.05) is 0 Å². The lowest BCUT2D eigenvalue weighted by atomic mass is 9.67. The highest BCUT2D eigenvalue weighted by atomic mass is 16.6. The molecule has 0 spiro atoms. The van der Waals surface area contributed by atoms with Crippen LogP contribution in [0.4, 0.5) is 0 Å². The summed E-state index contributed by atoms with van der Waals surface area (Å²) in [5, 5.41) is 10.6. The van der Waals surface area contributed by atoms with E-state index in [0.29, 0.717) is 0 Å². The van der Waals surface area contributed by atoms with Gasteiger partial charge in [0.2, 0.25) is 11.6 Å². The third-order valence-corrected chi connectivity index (χ3v) is 6.51. The first kappa shape index (κ1) is 24.5. The summed E-state index contributed by atoms with van der Waals surface area (Å²) in [6.07, 6.45) is 7.80. The van der Waals surface area contributed by atoms with Crippen LogP contribution < -0.4 is 0 Å². The molecule has 33 heavy (non-hydrogen) atoms. The van der Waals surface area contributed by atoms with Gasteiger partial charge in [-0.05, 0) is 54.4 Å². The highest BCUT2D eigenvalue weighted by molar-refractivity contribution is 6.58. The van der Waals surface area contributed by atoms with Gasteiger partial charge in [0, 0.05) is 18.4 Å². The van der Waals surface area contributed by atoms with E-state index in [1.165, 1.54) is 12.5 Å². The molecule has 2 aliphatic carbocycles. The first-order chi connectivity index (χ1) is 15.4. The second-order valence-corrected chi connectivity index (χ2v) is 9.48. The van der Waals surface area contributed by atoms with Crippen LogP contribution in [-0.4, -0.2) is 44.2 Å². The van der Waals surface area contributed by atoms with Crippen LogP contribution in [0.1, 0.15) is 67.2 Å². The zero-order valence-corrected chi connectivity index (χ0v) is 20.0. The Kier molecular flexibility index (Phi) is 6.42. The number of Topliss-reactive ketones (excluding diaryl/α,β-unsaturated/α-hetero) is 3. The van der Waals surface area contributed by atoms with Crippen molar-refractivity contribution in [3.63, 3.8) is 0 Å². The lowest BCUT2D eigenvalue weighted by Gasteiger charge is -2.27. The number of ketones is 3. The van der Waals surface area contributed by atoms with Crippen LogP contribution in [0.3, 0.4) is 0 Å². The van der Waals surface area contributed by atoms with E-state index in [9.17, 15) is 25.0 Å². The number of nitrogens with zero attached hydrogens (tertiary/aromatic N) is 2. The first-order valence-electron chi connectivity index (χ1n) is 11.1. The Morgan fingerprint density at radius 2 is 1.48 bits per heavy atom. The maximum Gasteiger partial charge on any atom is 0.374 e. The van der Waals surface area contributed by atoms with Crippen LogP contribution >= 0.6 is 0 Å². The number of hydrogen-bond donors (Lipinski definition) is 1. The second kappa shape index (κ2) is 8.65. The molecule has 0 aromatic carbocycles. The van der Waals surface area contributed by atoms with E-state index in [-0.39, 0.29) is 29.6 Å². The molecule has 1 heterocycles. The van der Waals surface area contributed by atoms with Crippen molar-refractivity contribution in [2.45, 2.75) is 78.4 Å². The molecule has 1 aliphatic heterocycles. The van der Waals surface area contributed by atoms with Crippen LogP contribution in [0.25, 0.3) is 5.53 Å². The SMILES string of the molecule is CC(C)=CCC/C(C)=C/CC12OC1(CC=C(C)C)C(=O)C1=C(C2=O)C(=[N+]=[N-])C(=O)C(C)=C1O. The van der Waals surface area contributed by atoms with E-state index >= 15 is 0 Å². The number of aliphatic hydroxyl groups excluding tert-OH is 1. The van der Waals surface area contributed by atoms with Crippen LogP contribution in [-0.2, 0) is 19.1 Å². The van der Waals surface area contributed by atoms with Gasteiger partial charge in [-0.3, -0.25) is 14.4 Å². The summed E-state index contributed by atoms with van der Waals surface area (Å²) in [7, 11) is 0. The number of rotatable bonds is 7. The third-order valence-electron chi connectivity index (χ3n) is 6.51. The Labute approximate surface area is 193 Å². The molecular weight excluding hydrogens is 420 g/mol. The van der Waals surface area contributed by atoms with E-state index in [4.69, 9.17) is 4.74 Å². The van der Waals surface area contributed by atoms with Crippen LogP contribution in [0.2, 0.25) is 0 Å². The van der Waals surface area contributed by atoms with Crippen molar-refractivity contribution in [1.82, 2.24) is 0 Å². The highest BCUT2D eigenvalue weighted by Gasteiger charge is 2.81. The fraction of sp³-hybridized carbons (Fsp3) is 0.462. The number of aliphatic hydroxyl groups is 1.